The Bertz CT molecular complexity index is 74.9. The van der Waals surface area contributed by atoms with Gasteiger partial charge in [0.25, 0.3) is 0 Å². The SMILES string of the molecule is O=[N+]([O-])CCCNO. The maximum atomic E-state index is 9.57. The summed E-state index contributed by atoms with van der Waals surface area (Å²) in [4.78, 5) is 9.15. The van der Waals surface area contributed by atoms with Crippen LogP contribution in [0.25, 0.3) is 0 Å². The van der Waals surface area contributed by atoms with Crippen LogP contribution in [-0.4, -0.2) is 23.2 Å². The number of nitrogens with one attached hydrogen (secondary N) is 1. The number of hydrogen-bond acceptors (Lipinski definition) is 4. The molecule has 0 aromatic heterocycles. The minimum atomic E-state index is -0.419. The summed E-state index contributed by atoms with van der Waals surface area (Å²) in [7, 11) is 0. The lowest BCUT2D eigenvalue weighted by Gasteiger charge is -1.90. The van der Waals surface area contributed by atoms with Gasteiger partial charge in [0.1, 0.15) is 0 Å². The molecule has 0 saturated carbocycles. The molecule has 8 heavy (non-hydrogen) atoms. The zero-order chi connectivity index (χ0) is 6.41. The fraction of sp³-hybridized carbons (Fsp3) is 1.00. The number of rotatable bonds is 4. The summed E-state index contributed by atoms with van der Waals surface area (Å²) in [5.74, 6) is 0. The summed E-state index contributed by atoms with van der Waals surface area (Å²) >= 11 is 0. The predicted octanol–water partition coefficient (Wildman–Crippen LogP) is -0.368. The molecule has 0 aliphatic rings. The molecule has 0 atom stereocenters. The van der Waals surface area contributed by atoms with Crippen molar-refractivity contribution < 1.29 is 10.1 Å². The Hall–Kier alpha value is -0.680. The summed E-state index contributed by atoms with van der Waals surface area (Å²) in [5, 5.41) is 17.5. The summed E-state index contributed by atoms with van der Waals surface area (Å²) < 4.78 is 0. The molecule has 0 spiro atoms. The first-order valence-electron chi connectivity index (χ1n) is 2.26. The molecule has 5 nitrogen and oxygen atoms in total. The molecular weight excluding hydrogens is 112 g/mol. The molecule has 2 N–H and O–H groups in total. The molecule has 0 unspecified atom stereocenters. The summed E-state index contributed by atoms with van der Waals surface area (Å²) in [6, 6.07) is 0. The van der Waals surface area contributed by atoms with E-state index in [1.165, 1.54) is 0 Å². The van der Waals surface area contributed by atoms with Crippen molar-refractivity contribution in [3.05, 3.63) is 10.1 Å². The molecule has 0 aromatic rings. The summed E-state index contributed by atoms with van der Waals surface area (Å²) in [5.41, 5.74) is 1.82. The molecule has 0 radical (unpaired) electrons. The van der Waals surface area contributed by atoms with Gasteiger partial charge in [0.15, 0.2) is 0 Å². The zero-order valence-corrected chi connectivity index (χ0v) is 4.33. The molecule has 5 heteroatoms. The van der Waals surface area contributed by atoms with E-state index in [0.717, 1.165) is 0 Å². The fourth-order valence-corrected chi connectivity index (χ4v) is 0.287. The van der Waals surface area contributed by atoms with E-state index in [9.17, 15) is 10.1 Å². The van der Waals surface area contributed by atoms with Crippen LogP contribution in [0.15, 0.2) is 0 Å². The van der Waals surface area contributed by atoms with Gasteiger partial charge in [-0.25, -0.2) is 5.48 Å². The van der Waals surface area contributed by atoms with Gasteiger partial charge in [-0.15, -0.1) is 0 Å². The van der Waals surface area contributed by atoms with Crippen molar-refractivity contribution >= 4 is 0 Å². The average molecular weight is 120 g/mol. The highest BCUT2D eigenvalue weighted by Gasteiger charge is 1.92. The third kappa shape index (κ3) is 5.32. The van der Waals surface area contributed by atoms with Gasteiger partial charge in [0.05, 0.1) is 0 Å². The molecule has 0 heterocycles. The van der Waals surface area contributed by atoms with E-state index < -0.39 is 4.92 Å². The predicted molar refractivity (Wildman–Crippen MR) is 26.3 cm³/mol. The van der Waals surface area contributed by atoms with Crippen molar-refractivity contribution in [1.29, 1.82) is 0 Å². The lowest BCUT2D eigenvalue weighted by molar-refractivity contribution is -0.480. The van der Waals surface area contributed by atoms with Gasteiger partial charge in [-0.2, -0.15) is 0 Å². The minimum Gasteiger partial charge on any atom is -0.317 e. The maximum Gasteiger partial charge on any atom is 0.205 e. The normalized spacial score (nSPS) is 9.12. The highest BCUT2D eigenvalue weighted by Crippen LogP contribution is 1.74. The third-order valence-electron chi connectivity index (χ3n) is 0.629. The van der Waals surface area contributed by atoms with Crippen LogP contribution in [-0.2, 0) is 0 Å². The maximum absolute atomic E-state index is 9.57. The second-order valence-electron chi connectivity index (χ2n) is 1.32. The Kier molecular flexibility index (Phi) is 4.10. The largest absolute Gasteiger partial charge is 0.317 e. The molecule has 0 saturated heterocycles. The first-order valence-corrected chi connectivity index (χ1v) is 2.26. The monoisotopic (exact) mass is 120 g/mol. The van der Waals surface area contributed by atoms with E-state index in [-0.39, 0.29) is 13.1 Å². The van der Waals surface area contributed by atoms with Crippen LogP contribution in [0.2, 0.25) is 0 Å². The fourth-order valence-electron chi connectivity index (χ4n) is 0.287. The second kappa shape index (κ2) is 4.48. The molecule has 48 valence electrons. The Morgan fingerprint density at radius 3 is 2.75 bits per heavy atom. The van der Waals surface area contributed by atoms with Gasteiger partial charge in [-0.3, -0.25) is 10.1 Å². The van der Waals surface area contributed by atoms with Gasteiger partial charge in [-0.1, -0.05) is 0 Å². The van der Waals surface area contributed by atoms with Crippen molar-refractivity contribution in [2.24, 2.45) is 0 Å². The number of hydroxylamine groups is 1. The lowest BCUT2D eigenvalue weighted by atomic mass is 10.4. The average Bonchev–Trinajstić information content (AvgIpc) is 1.66. The number of nitrogens with zero attached hydrogens (tertiary/aromatic N) is 1. The quantitative estimate of drug-likeness (QED) is 0.301. The van der Waals surface area contributed by atoms with E-state index in [4.69, 9.17) is 5.21 Å². The Morgan fingerprint density at radius 1 is 1.75 bits per heavy atom. The molecule has 0 amide bonds. The van der Waals surface area contributed by atoms with Crippen molar-refractivity contribution in [3.8, 4) is 0 Å². The number of hydrogen-bond donors (Lipinski definition) is 2. The Morgan fingerprint density at radius 2 is 2.38 bits per heavy atom. The second-order valence-corrected chi connectivity index (χ2v) is 1.32. The van der Waals surface area contributed by atoms with Crippen LogP contribution in [0.5, 0.6) is 0 Å². The first-order chi connectivity index (χ1) is 3.77. The molecular formula is C3H8N2O3. The molecule has 0 bridgehead atoms. The third-order valence-corrected chi connectivity index (χ3v) is 0.629. The molecule has 0 fully saturated rings. The zero-order valence-electron chi connectivity index (χ0n) is 4.33. The molecule has 0 aromatic carbocycles. The van der Waals surface area contributed by atoms with Gasteiger partial charge in [-0.05, 0) is 0 Å². The summed E-state index contributed by atoms with van der Waals surface area (Å²) in [6.07, 6.45) is 0.365. The van der Waals surface area contributed by atoms with E-state index in [2.05, 4.69) is 0 Å². The Balaban J connectivity index is 2.82. The van der Waals surface area contributed by atoms with Gasteiger partial charge < -0.3 is 5.21 Å². The topological polar surface area (TPSA) is 75.4 Å². The van der Waals surface area contributed by atoms with Crippen molar-refractivity contribution in [3.63, 3.8) is 0 Å². The van der Waals surface area contributed by atoms with Crippen LogP contribution < -0.4 is 5.48 Å². The van der Waals surface area contributed by atoms with E-state index in [1.807, 2.05) is 5.48 Å². The van der Waals surface area contributed by atoms with Crippen LogP contribution in [0.4, 0.5) is 0 Å². The van der Waals surface area contributed by atoms with E-state index in [1.54, 1.807) is 0 Å². The van der Waals surface area contributed by atoms with Crippen molar-refractivity contribution in [2.75, 3.05) is 13.1 Å². The van der Waals surface area contributed by atoms with Crippen LogP contribution in [0.1, 0.15) is 6.42 Å². The van der Waals surface area contributed by atoms with Gasteiger partial charge >= 0.3 is 0 Å². The highest BCUT2D eigenvalue weighted by atomic mass is 16.6. The Labute approximate surface area is 46.4 Å². The van der Waals surface area contributed by atoms with Crippen LogP contribution >= 0.6 is 0 Å². The van der Waals surface area contributed by atoms with E-state index in [0.29, 0.717) is 6.42 Å². The van der Waals surface area contributed by atoms with Crippen molar-refractivity contribution in [2.45, 2.75) is 6.42 Å². The lowest BCUT2D eigenvalue weighted by Crippen LogP contribution is -2.13. The minimum absolute atomic E-state index is 0.0897. The van der Waals surface area contributed by atoms with Gasteiger partial charge in [0, 0.05) is 17.9 Å². The molecule has 0 aliphatic carbocycles. The van der Waals surface area contributed by atoms with Gasteiger partial charge in [0.2, 0.25) is 6.54 Å². The molecule has 0 aliphatic heterocycles. The smallest absolute Gasteiger partial charge is 0.205 e. The number of nitro groups is 1. The summed E-state index contributed by atoms with van der Waals surface area (Å²) in [6.45, 7) is 0.189. The standard InChI is InChI=1S/C3H8N2O3/c6-4-2-1-3-5(7)8/h4,6H,1-3H2. The van der Waals surface area contributed by atoms with Crippen LogP contribution in [0.3, 0.4) is 0 Å². The highest BCUT2D eigenvalue weighted by molar-refractivity contribution is 4.33. The van der Waals surface area contributed by atoms with Crippen LogP contribution in [0, 0.1) is 10.1 Å². The van der Waals surface area contributed by atoms with Crippen molar-refractivity contribution in [1.82, 2.24) is 5.48 Å². The van der Waals surface area contributed by atoms with E-state index >= 15 is 0 Å². The molecule has 0 rings (SSSR count). The first kappa shape index (κ1) is 7.32.